The van der Waals surface area contributed by atoms with Crippen LogP contribution in [0.5, 0.6) is 0 Å². The molecule has 116 valence electrons. The summed E-state index contributed by atoms with van der Waals surface area (Å²) >= 11 is 0. The van der Waals surface area contributed by atoms with E-state index in [0.717, 1.165) is 54.2 Å². The van der Waals surface area contributed by atoms with E-state index < -0.39 is 0 Å². The lowest BCUT2D eigenvalue weighted by Gasteiger charge is -2.34. The summed E-state index contributed by atoms with van der Waals surface area (Å²) in [6.07, 6.45) is 0. The molecule has 1 aliphatic heterocycles. The molecule has 1 fully saturated rings. The van der Waals surface area contributed by atoms with Crippen LogP contribution in [0, 0.1) is 18.3 Å². The molecule has 3 aromatic rings. The number of aryl methyl sites for hydroxylation is 1. The van der Waals surface area contributed by atoms with E-state index in [1.54, 1.807) is 0 Å². The third-order valence-electron chi connectivity index (χ3n) is 4.69. The Bertz CT molecular complexity index is 926. The van der Waals surface area contributed by atoms with Gasteiger partial charge in [0.25, 0.3) is 0 Å². The number of nitriles is 1. The Balaban J connectivity index is 2.02. The zero-order valence-electron chi connectivity index (χ0n) is 13.5. The highest BCUT2D eigenvalue weighted by Gasteiger charge is 2.21. The van der Waals surface area contributed by atoms with Crippen molar-refractivity contribution in [2.24, 2.45) is 0 Å². The molecule has 0 radical (unpaired) electrons. The van der Waals surface area contributed by atoms with Gasteiger partial charge in [-0.1, -0.05) is 12.1 Å². The summed E-state index contributed by atoms with van der Waals surface area (Å²) in [4.78, 5) is 9.46. The maximum Gasteiger partial charge on any atom is 0.157 e. The highest BCUT2D eigenvalue weighted by molar-refractivity contribution is 5.85. The van der Waals surface area contributed by atoms with E-state index in [1.807, 2.05) is 25.1 Å². The topological polar surface area (TPSA) is 47.6 Å². The number of benzene rings is 1. The molecule has 0 unspecified atom stereocenters. The van der Waals surface area contributed by atoms with Crippen molar-refractivity contribution < 1.29 is 0 Å². The summed E-state index contributed by atoms with van der Waals surface area (Å²) < 4.78 is 2.15. The van der Waals surface area contributed by atoms with Gasteiger partial charge in [-0.2, -0.15) is 5.26 Å². The van der Waals surface area contributed by atoms with E-state index in [1.165, 1.54) is 0 Å². The minimum atomic E-state index is 0.666. The molecule has 0 spiro atoms. The molecule has 5 nitrogen and oxygen atoms in total. The molecule has 4 rings (SSSR count). The molecule has 0 saturated carbocycles. The third-order valence-corrected chi connectivity index (χ3v) is 4.69. The Labute approximate surface area is 135 Å². The third kappa shape index (κ3) is 2.14. The van der Waals surface area contributed by atoms with Crippen molar-refractivity contribution in [3.05, 3.63) is 41.5 Å². The maximum atomic E-state index is 9.55. The van der Waals surface area contributed by atoms with Gasteiger partial charge >= 0.3 is 0 Å². The smallest absolute Gasteiger partial charge is 0.157 e. The average Bonchev–Trinajstić information content (AvgIpc) is 2.94. The number of imidazole rings is 1. The molecule has 5 heteroatoms. The second kappa shape index (κ2) is 5.25. The molecule has 0 atom stereocenters. The van der Waals surface area contributed by atoms with Gasteiger partial charge in [0.15, 0.2) is 5.65 Å². The first-order chi connectivity index (χ1) is 11.2. The number of hydrogen-bond donors (Lipinski definition) is 0. The van der Waals surface area contributed by atoms with Gasteiger partial charge in [-0.25, -0.2) is 4.98 Å². The van der Waals surface area contributed by atoms with Crippen LogP contribution < -0.4 is 4.90 Å². The van der Waals surface area contributed by atoms with Gasteiger partial charge in [-0.05, 0) is 37.7 Å². The molecule has 0 N–H and O–H groups in total. The van der Waals surface area contributed by atoms with Crippen molar-refractivity contribution in [2.75, 3.05) is 38.1 Å². The van der Waals surface area contributed by atoms with Gasteiger partial charge in [0.2, 0.25) is 0 Å². The molecular formula is C18H19N5. The molecule has 0 amide bonds. The first-order valence-corrected chi connectivity index (χ1v) is 7.93. The summed E-state index contributed by atoms with van der Waals surface area (Å²) in [6, 6.07) is 12.6. The number of likely N-dealkylation sites (N-methyl/N-ethyl adjacent to an activating group) is 1. The lowest BCUT2D eigenvalue weighted by molar-refractivity contribution is 0.312. The molecule has 1 aromatic carbocycles. The number of rotatable bonds is 1. The van der Waals surface area contributed by atoms with E-state index in [9.17, 15) is 5.26 Å². The predicted molar refractivity (Wildman–Crippen MR) is 91.9 cm³/mol. The van der Waals surface area contributed by atoms with E-state index in [-0.39, 0.29) is 0 Å². The number of para-hydroxylation sites is 2. The van der Waals surface area contributed by atoms with Crippen molar-refractivity contribution in [3.8, 4) is 6.07 Å². The Morgan fingerprint density at radius 1 is 1.13 bits per heavy atom. The number of anilines is 1. The minimum Gasteiger partial charge on any atom is -0.355 e. The maximum absolute atomic E-state index is 9.55. The summed E-state index contributed by atoms with van der Waals surface area (Å²) in [5.74, 6) is 1.14. The Kier molecular flexibility index (Phi) is 3.21. The molecule has 3 heterocycles. The molecule has 23 heavy (non-hydrogen) atoms. The number of fused-ring (bicyclic) bond motifs is 3. The van der Waals surface area contributed by atoms with Crippen LogP contribution in [0.4, 0.5) is 5.82 Å². The number of aromatic nitrogens is 2. The van der Waals surface area contributed by atoms with Crippen LogP contribution >= 0.6 is 0 Å². The highest BCUT2D eigenvalue weighted by atomic mass is 15.3. The normalized spacial score (nSPS) is 16.1. The van der Waals surface area contributed by atoms with Crippen molar-refractivity contribution in [2.45, 2.75) is 6.92 Å². The van der Waals surface area contributed by atoms with Crippen LogP contribution in [0.25, 0.3) is 16.7 Å². The molecular weight excluding hydrogens is 286 g/mol. The van der Waals surface area contributed by atoms with Crippen LogP contribution in [0.1, 0.15) is 11.1 Å². The van der Waals surface area contributed by atoms with Crippen LogP contribution in [-0.2, 0) is 0 Å². The van der Waals surface area contributed by atoms with Crippen molar-refractivity contribution in [3.63, 3.8) is 0 Å². The highest BCUT2D eigenvalue weighted by Crippen LogP contribution is 2.29. The van der Waals surface area contributed by atoms with Crippen molar-refractivity contribution in [1.82, 2.24) is 14.3 Å². The second-order valence-electron chi connectivity index (χ2n) is 6.22. The van der Waals surface area contributed by atoms with Gasteiger partial charge < -0.3 is 9.80 Å². The quantitative estimate of drug-likeness (QED) is 0.693. The summed E-state index contributed by atoms with van der Waals surface area (Å²) in [7, 11) is 2.16. The SMILES string of the molecule is Cc1cc(N2CCN(C)CC2)n2c(nc3ccccc32)c1C#N. The fraction of sp³-hybridized carbons (Fsp3) is 0.333. The number of nitrogens with zero attached hydrogens (tertiary/aromatic N) is 5. The van der Waals surface area contributed by atoms with E-state index >= 15 is 0 Å². The van der Waals surface area contributed by atoms with Crippen LogP contribution in [0.2, 0.25) is 0 Å². The van der Waals surface area contributed by atoms with E-state index in [2.05, 4.69) is 39.5 Å². The van der Waals surface area contributed by atoms with Crippen molar-refractivity contribution in [1.29, 1.82) is 5.26 Å². The van der Waals surface area contributed by atoms with Crippen molar-refractivity contribution >= 4 is 22.5 Å². The fourth-order valence-electron chi connectivity index (χ4n) is 3.34. The van der Waals surface area contributed by atoms with Gasteiger partial charge in [0.1, 0.15) is 11.9 Å². The van der Waals surface area contributed by atoms with Gasteiger partial charge in [-0.3, -0.25) is 4.40 Å². The van der Waals surface area contributed by atoms with Gasteiger partial charge in [0, 0.05) is 26.2 Å². The Morgan fingerprint density at radius 3 is 2.61 bits per heavy atom. The van der Waals surface area contributed by atoms with E-state index in [4.69, 9.17) is 4.98 Å². The predicted octanol–water partition coefficient (Wildman–Crippen LogP) is 2.42. The summed E-state index contributed by atoms with van der Waals surface area (Å²) in [5, 5.41) is 9.55. The number of piperazine rings is 1. The van der Waals surface area contributed by atoms with Crippen LogP contribution in [0.15, 0.2) is 30.3 Å². The van der Waals surface area contributed by atoms with E-state index in [0.29, 0.717) is 5.56 Å². The first kappa shape index (κ1) is 14.0. The fourth-order valence-corrected chi connectivity index (χ4v) is 3.34. The zero-order chi connectivity index (χ0) is 16.0. The molecule has 2 aromatic heterocycles. The monoisotopic (exact) mass is 305 g/mol. The van der Waals surface area contributed by atoms with Gasteiger partial charge in [0.05, 0.1) is 16.6 Å². The van der Waals surface area contributed by atoms with Gasteiger partial charge in [-0.15, -0.1) is 0 Å². The van der Waals surface area contributed by atoms with Crippen LogP contribution in [-0.4, -0.2) is 47.5 Å². The first-order valence-electron chi connectivity index (χ1n) is 7.93. The largest absolute Gasteiger partial charge is 0.355 e. The second-order valence-corrected chi connectivity index (χ2v) is 6.22. The molecule has 1 aliphatic rings. The summed E-state index contributed by atoms with van der Waals surface area (Å²) in [5.41, 5.74) is 4.42. The van der Waals surface area contributed by atoms with Crippen LogP contribution in [0.3, 0.4) is 0 Å². The number of hydrogen-bond acceptors (Lipinski definition) is 4. The Morgan fingerprint density at radius 2 is 1.87 bits per heavy atom. The molecule has 0 bridgehead atoms. The zero-order valence-corrected chi connectivity index (χ0v) is 13.5. The summed E-state index contributed by atoms with van der Waals surface area (Å²) in [6.45, 7) is 6.07. The standard InChI is InChI=1S/C18H19N5/c1-13-11-17(22-9-7-21(2)8-10-22)23-16-6-4-3-5-15(16)20-18(23)14(13)12-19/h3-6,11H,7-10H2,1-2H3. The molecule has 0 aliphatic carbocycles. The average molecular weight is 305 g/mol. The minimum absolute atomic E-state index is 0.666. The number of pyridine rings is 1. The Hall–Kier alpha value is -2.58. The lowest BCUT2D eigenvalue weighted by atomic mass is 10.1. The molecule has 1 saturated heterocycles. The lowest BCUT2D eigenvalue weighted by Crippen LogP contribution is -2.45.